The van der Waals surface area contributed by atoms with Crippen LogP contribution in [0.3, 0.4) is 0 Å². The Morgan fingerprint density at radius 2 is 2.06 bits per heavy atom. The van der Waals surface area contributed by atoms with Crippen molar-refractivity contribution in [1.82, 2.24) is 0 Å². The summed E-state index contributed by atoms with van der Waals surface area (Å²) in [5, 5.41) is 8.82. The molecule has 3 nitrogen and oxygen atoms in total. The van der Waals surface area contributed by atoms with Crippen molar-refractivity contribution in [1.29, 1.82) is 0 Å². The highest BCUT2D eigenvalue weighted by Crippen LogP contribution is 2.18. The summed E-state index contributed by atoms with van der Waals surface area (Å²) in [5.41, 5.74) is 3.98. The van der Waals surface area contributed by atoms with Crippen LogP contribution in [0.4, 0.5) is 0 Å². The molecular weight excluding hydrogens is 216 g/mol. The minimum atomic E-state index is -0.809. The highest BCUT2D eigenvalue weighted by Gasteiger charge is 2.06. The molecule has 0 unspecified atom stereocenters. The summed E-state index contributed by atoms with van der Waals surface area (Å²) < 4.78 is 5.15. The SMILES string of the molecule is CCO/C=C/c1cc(CC(=O)O)c(C)cc1C. The van der Waals surface area contributed by atoms with Gasteiger partial charge in [-0.15, -0.1) is 0 Å². The van der Waals surface area contributed by atoms with Gasteiger partial charge >= 0.3 is 5.97 Å². The zero-order valence-electron chi connectivity index (χ0n) is 10.5. The molecule has 0 aliphatic carbocycles. The molecule has 0 fully saturated rings. The molecule has 0 spiro atoms. The lowest BCUT2D eigenvalue weighted by Gasteiger charge is -2.08. The van der Waals surface area contributed by atoms with E-state index in [1.165, 1.54) is 0 Å². The Bertz CT molecular complexity index is 433. The molecule has 0 saturated heterocycles. The molecule has 0 heterocycles. The molecule has 0 amide bonds. The molecule has 0 aromatic heterocycles. The first-order chi connectivity index (χ1) is 8.04. The fourth-order valence-corrected chi connectivity index (χ4v) is 1.67. The second-order valence-electron chi connectivity index (χ2n) is 3.96. The average Bonchev–Trinajstić information content (AvgIpc) is 2.24. The Kier molecular flexibility index (Phi) is 4.76. The first-order valence-corrected chi connectivity index (χ1v) is 5.64. The number of ether oxygens (including phenoxy) is 1. The van der Waals surface area contributed by atoms with Gasteiger partial charge in [0.1, 0.15) is 0 Å². The van der Waals surface area contributed by atoms with Crippen LogP contribution < -0.4 is 0 Å². The predicted octanol–water partition coefficient (Wildman–Crippen LogP) is 2.94. The van der Waals surface area contributed by atoms with E-state index in [0.29, 0.717) is 6.61 Å². The molecular formula is C14H18O3. The van der Waals surface area contributed by atoms with Gasteiger partial charge in [-0.1, -0.05) is 12.1 Å². The van der Waals surface area contributed by atoms with Gasteiger partial charge in [0.15, 0.2) is 0 Å². The van der Waals surface area contributed by atoms with Gasteiger partial charge in [0.2, 0.25) is 0 Å². The minimum Gasteiger partial charge on any atom is -0.501 e. The largest absolute Gasteiger partial charge is 0.501 e. The molecule has 17 heavy (non-hydrogen) atoms. The molecule has 3 heteroatoms. The zero-order chi connectivity index (χ0) is 12.8. The van der Waals surface area contributed by atoms with E-state index in [1.807, 2.05) is 39.0 Å². The summed E-state index contributed by atoms with van der Waals surface area (Å²) >= 11 is 0. The van der Waals surface area contributed by atoms with Crippen LogP contribution in [0.5, 0.6) is 0 Å². The van der Waals surface area contributed by atoms with E-state index in [-0.39, 0.29) is 6.42 Å². The van der Waals surface area contributed by atoms with Crippen LogP contribution in [-0.4, -0.2) is 17.7 Å². The summed E-state index contributed by atoms with van der Waals surface area (Å²) in [6.45, 7) is 6.48. The molecule has 0 radical (unpaired) electrons. The van der Waals surface area contributed by atoms with Gasteiger partial charge in [-0.2, -0.15) is 0 Å². The van der Waals surface area contributed by atoms with Crippen LogP contribution in [0.25, 0.3) is 6.08 Å². The molecule has 0 aliphatic heterocycles. The highest BCUT2D eigenvalue weighted by atomic mass is 16.5. The fraction of sp³-hybridized carbons (Fsp3) is 0.357. The number of carbonyl (C=O) groups is 1. The van der Waals surface area contributed by atoms with Crippen molar-refractivity contribution < 1.29 is 14.6 Å². The normalized spacial score (nSPS) is 10.8. The van der Waals surface area contributed by atoms with Crippen LogP contribution in [0.1, 0.15) is 29.2 Å². The van der Waals surface area contributed by atoms with E-state index < -0.39 is 5.97 Å². The average molecular weight is 234 g/mol. The van der Waals surface area contributed by atoms with Crippen molar-refractivity contribution in [3.8, 4) is 0 Å². The summed E-state index contributed by atoms with van der Waals surface area (Å²) in [6, 6.07) is 3.91. The third kappa shape index (κ3) is 3.94. The topological polar surface area (TPSA) is 46.5 Å². The third-order valence-electron chi connectivity index (χ3n) is 2.58. The maximum absolute atomic E-state index is 10.7. The molecule has 0 aliphatic rings. The van der Waals surface area contributed by atoms with E-state index >= 15 is 0 Å². The van der Waals surface area contributed by atoms with Gasteiger partial charge in [0.05, 0.1) is 19.3 Å². The Hall–Kier alpha value is -1.77. The van der Waals surface area contributed by atoms with Gasteiger partial charge in [0, 0.05) is 0 Å². The van der Waals surface area contributed by atoms with Crippen molar-refractivity contribution in [2.75, 3.05) is 6.61 Å². The van der Waals surface area contributed by atoms with Crippen LogP contribution in [0, 0.1) is 13.8 Å². The second kappa shape index (κ2) is 6.09. The van der Waals surface area contributed by atoms with Crippen LogP contribution in [0.2, 0.25) is 0 Å². The van der Waals surface area contributed by atoms with Gasteiger partial charge in [-0.05, 0) is 49.1 Å². The number of hydrogen-bond acceptors (Lipinski definition) is 2. The number of aryl methyl sites for hydroxylation is 2. The van der Waals surface area contributed by atoms with Gasteiger partial charge in [-0.3, -0.25) is 4.79 Å². The van der Waals surface area contributed by atoms with Crippen molar-refractivity contribution in [3.63, 3.8) is 0 Å². The summed E-state index contributed by atoms with van der Waals surface area (Å²) in [6.07, 6.45) is 3.56. The first-order valence-electron chi connectivity index (χ1n) is 5.64. The molecule has 0 saturated carbocycles. The van der Waals surface area contributed by atoms with Crippen LogP contribution in [0.15, 0.2) is 18.4 Å². The second-order valence-corrected chi connectivity index (χ2v) is 3.96. The van der Waals surface area contributed by atoms with Gasteiger partial charge < -0.3 is 9.84 Å². The standard InChI is InChI=1S/C14H18O3/c1-4-17-6-5-12-8-13(9-14(15)16)11(3)7-10(12)2/h5-8H,4,9H2,1-3H3,(H,15,16)/b6-5+. The monoisotopic (exact) mass is 234 g/mol. The minimum absolute atomic E-state index is 0.0571. The fourth-order valence-electron chi connectivity index (χ4n) is 1.67. The van der Waals surface area contributed by atoms with Crippen molar-refractivity contribution in [2.45, 2.75) is 27.2 Å². The Balaban J connectivity index is 3.01. The number of rotatable bonds is 5. The number of benzene rings is 1. The maximum Gasteiger partial charge on any atom is 0.307 e. The Labute approximate surface area is 102 Å². The molecule has 1 aromatic rings. The molecule has 0 atom stereocenters. The first kappa shape index (κ1) is 13.3. The Morgan fingerprint density at radius 1 is 1.35 bits per heavy atom. The lowest BCUT2D eigenvalue weighted by Crippen LogP contribution is -2.03. The number of aliphatic carboxylic acids is 1. The van der Waals surface area contributed by atoms with E-state index in [9.17, 15) is 4.79 Å². The van der Waals surface area contributed by atoms with E-state index in [1.54, 1.807) is 6.26 Å². The zero-order valence-corrected chi connectivity index (χ0v) is 10.5. The smallest absolute Gasteiger partial charge is 0.307 e. The van der Waals surface area contributed by atoms with Crippen molar-refractivity contribution in [3.05, 3.63) is 40.6 Å². The summed E-state index contributed by atoms with van der Waals surface area (Å²) in [4.78, 5) is 10.7. The van der Waals surface area contributed by atoms with E-state index in [4.69, 9.17) is 9.84 Å². The lowest BCUT2D eigenvalue weighted by atomic mass is 9.98. The number of hydrogen-bond donors (Lipinski definition) is 1. The summed E-state index contributed by atoms with van der Waals surface area (Å²) in [7, 11) is 0. The number of carboxylic acid groups (broad SMARTS) is 1. The molecule has 92 valence electrons. The van der Waals surface area contributed by atoms with E-state index in [0.717, 1.165) is 22.3 Å². The predicted molar refractivity (Wildman–Crippen MR) is 67.9 cm³/mol. The van der Waals surface area contributed by atoms with Gasteiger partial charge in [0.25, 0.3) is 0 Å². The van der Waals surface area contributed by atoms with Gasteiger partial charge in [-0.25, -0.2) is 0 Å². The lowest BCUT2D eigenvalue weighted by molar-refractivity contribution is -0.136. The van der Waals surface area contributed by atoms with Crippen LogP contribution >= 0.6 is 0 Å². The number of carboxylic acids is 1. The third-order valence-corrected chi connectivity index (χ3v) is 2.58. The molecule has 1 N–H and O–H groups in total. The molecule has 0 bridgehead atoms. The summed E-state index contributed by atoms with van der Waals surface area (Å²) in [5.74, 6) is -0.809. The van der Waals surface area contributed by atoms with E-state index in [2.05, 4.69) is 0 Å². The van der Waals surface area contributed by atoms with Crippen molar-refractivity contribution in [2.24, 2.45) is 0 Å². The Morgan fingerprint density at radius 3 is 2.65 bits per heavy atom. The maximum atomic E-state index is 10.7. The van der Waals surface area contributed by atoms with Crippen molar-refractivity contribution >= 4 is 12.0 Å². The van der Waals surface area contributed by atoms with Crippen LogP contribution in [-0.2, 0) is 16.0 Å². The molecule has 1 aromatic carbocycles. The molecule has 1 rings (SSSR count). The highest BCUT2D eigenvalue weighted by molar-refractivity contribution is 5.71. The quantitative estimate of drug-likeness (QED) is 0.797.